The maximum atomic E-state index is 12.1. The van der Waals surface area contributed by atoms with Gasteiger partial charge in [0.15, 0.2) is 0 Å². The molecule has 2 rings (SSSR count). The molecule has 0 amide bonds. The Hall–Kier alpha value is -2.16. The number of carbonyl (C=O) groups is 2. The standard InChI is InChI=1S/C16H21NO7/c1-22-13-7-5-4-6-10(13)11-9-17(21)16(20,15(19)24-3)12(11)8-14(18)23-2/h4-7,11-12,20-21H,8-9H2,1-3H3/t11-,12+,16+/m0/s1. The SMILES string of the molecule is COC(=O)C[C@@H]1[C@H](c2ccccc2OC)CN(O)[C@]1(O)C(=O)OC. The maximum absolute atomic E-state index is 12.1. The molecule has 8 nitrogen and oxygen atoms in total. The molecule has 0 aromatic heterocycles. The average Bonchev–Trinajstić information content (AvgIpc) is 2.86. The van der Waals surface area contributed by atoms with Gasteiger partial charge in [-0.3, -0.25) is 4.79 Å². The average molecular weight is 339 g/mol. The number of aliphatic hydroxyl groups is 1. The fourth-order valence-corrected chi connectivity index (χ4v) is 3.17. The van der Waals surface area contributed by atoms with Gasteiger partial charge in [0.05, 0.1) is 27.8 Å². The van der Waals surface area contributed by atoms with Crippen LogP contribution in [0.1, 0.15) is 17.9 Å². The van der Waals surface area contributed by atoms with Crippen LogP contribution in [0.3, 0.4) is 0 Å². The van der Waals surface area contributed by atoms with Crippen LogP contribution in [0.15, 0.2) is 24.3 Å². The van der Waals surface area contributed by atoms with Crippen LogP contribution < -0.4 is 4.74 Å². The Labute approximate surface area is 139 Å². The second-order valence-corrected chi connectivity index (χ2v) is 5.54. The largest absolute Gasteiger partial charge is 0.496 e. The number of nitrogens with zero attached hydrogens (tertiary/aromatic N) is 1. The van der Waals surface area contributed by atoms with Gasteiger partial charge >= 0.3 is 11.9 Å². The summed E-state index contributed by atoms with van der Waals surface area (Å²) in [4.78, 5) is 23.9. The van der Waals surface area contributed by atoms with Crippen LogP contribution in [-0.2, 0) is 19.1 Å². The van der Waals surface area contributed by atoms with Gasteiger partial charge in [-0.2, -0.15) is 0 Å². The first-order valence-corrected chi connectivity index (χ1v) is 7.37. The number of hydroxylamine groups is 2. The molecule has 24 heavy (non-hydrogen) atoms. The predicted molar refractivity (Wildman–Crippen MR) is 81.3 cm³/mol. The van der Waals surface area contributed by atoms with Crippen LogP contribution in [0.5, 0.6) is 5.75 Å². The minimum Gasteiger partial charge on any atom is -0.496 e. The highest BCUT2D eigenvalue weighted by atomic mass is 16.6. The van der Waals surface area contributed by atoms with Gasteiger partial charge in [0.1, 0.15) is 5.75 Å². The van der Waals surface area contributed by atoms with Crippen molar-refractivity contribution in [2.24, 2.45) is 5.92 Å². The second kappa shape index (κ2) is 7.16. The van der Waals surface area contributed by atoms with E-state index in [9.17, 15) is 19.9 Å². The Morgan fingerprint density at radius 1 is 1.25 bits per heavy atom. The van der Waals surface area contributed by atoms with E-state index in [0.717, 1.165) is 7.11 Å². The van der Waals surface area contributed by atoms with Crippen molar-refractivity contribution in [3.05, 3.63) is 29.8 Å². The molecule has 1 heterocycles. The van der Waals surface area contributed by atoms with Gasteiger partial charge in [-0.25, -0.2) is 4.79 Å². The van der Waals surface area contributed by atoms with E-state index in [1.165, 1.54) is 14.2 Å². The van der Waals surface area contributed by atoms with Crippen LogP contribution >= 0.6 is 0 Å². The quantitative estimate of drug-likeness (QED) is 0.748. The summed E-state index contributed by atoms with van der Waals surface area (Å²) in [6.45, 7) is -0.0758. The summed E-state index contributed by atoms with van der Waals surface area (Å²) in [6, 6.07) is 7.02. The number of carbonyl (C=O) groups excluding carboxylic acids is 2. The molecule has 1 aromatic rings. The van der Waals surface area contributed by atoms with Gasteiger partial charge < -0.3 is 24.5 Å². The normalized spacial score (nSPS) is 26.9. The van der Waals surface area contributed by atoms with Gasteiger partial charge in [0.2, 0.25) is 5.72 Å². The summed E-state index contributed by atoms with van der Waals surface area (Å²) in [7, 11) is 3.80. The van der Waals surface area contributed by atoms with E-state index in [0.29, 0.717) is 16.4 Å². The summed E-state index contributed by atoms with van der Waals surface area (Å²) in [6.07, 6.45) is -0.276. The molecule has 0 spiro atoms. The molecule has 0 radical (unpaired) electrons. The summed E-state index contributed by atoms with van der Waals surface area (Å²) < 4.78 is 14.6. The number of rotatable bonds is 5. The van der Waals surface area contributed by atoms with Crippen molar-refractivity contribution in [1.82, 2.24) is 5.06 Å². The minimum absolute atomic E-state index is 0.0758. The van der Waals surface area contributed by atoms with Crippen molar-refractivity contribution in [1.29, 1.82) is 0 Å². The molecule has 2 N–H and O–H groups in total. The summed E-state index contributed by atoms with van der Waals surface area (Å²) in [5.74, 6) is -2.65. The molecule has 0 aliphatic carbocycles. The highest BCUT2D eigenvalue weighted by molar-refractivity contribution is 5.81. The van der Waals surface area contributed by atoms with E-state index >= 15 is 0 Å². The van der Waals surface area contributed by atoms with Crippen molar-refractivity contribution < 1.29 is 34.1 Å². The number of benzene rings is 1. The van der Waals surface area contributed by atoms with Crippen molar-refractivity contribution >= 4 is 11.9 Å². The molecule has 3 atom stereocenters. The van der Waals surface area contributed by atoms with Gasteiger partial charge in [-0.15, -0.1) is 5.06 Å². The van der Waals surface area contributed by atoms with Crippen LogP contribution in [-0.4, -0.2) is 60.9 Å². The number of ether oxygens (including phenoxy) is 3. The topological polar surface area (TPSA) is 106 Å². The van der Waals surface area contributed by atoms with Gasteiger partial charge in [-0.05, 0) is 11.6 Å². The predicted octanol–water partition coefficient (Wildman–Crippen LogP) is 0.524. The number of hydrogen-bond donors (Lipinski definition) is 2. The van der Waals surface area contributed by atoms with Gasteiger partial charge in [0, 0.05) is 18.4 Å². The highest BCUT2D eigenvalue weighted by Crippen LogP contribution is 2.46. The number of hydrogen-bond acceptors (Lipinski definition) is 8. The van der Waals surface area contributed by atoms with Gasteiger partial charge in [-0.1, -0.05) is 18.2 Å². The lowest BCUT2D eigenvalue weighted by Crippen LogP contribution is -2.54. The number of methoxy groups -OCH3 is 3. The third kappa shape index (κ3) is 2.95. The lowest BCUT2D eigenvalue weighted by atomic mass is 9.80. The van der Waals surface area contributed by atoms with E-state index < -0.39 is 29.5 Å². The van der Waals surface area contributed by atoms with Crippen LogP contribution in [0, 0.1) is 5.92 Å². The Morgan fingerprint density at radius 2 is 1.92 bits per heavy atom. The molecule has 1 aromatic carbocycles. The van der Waals surface area contributed by atoms with Crippen LogP contribution in [0.4, 0.5) is 0 Å². The fourth-order valence-electron chi connectivity index (χ4n) is 3.17. The van der Waals surface area contributed by atoms with E-state index in [1.807, 2.05) is 0 Å². The molecular weight excluding hydrogens is 318 g/mol. The molecular formula is C16H21NO7. The zero-order valence-electron chi connectivity index (χ0n) is 13.8. The molecule has 1 aliphatic heterocycles. The Bertz CT molecular complexity index is 620. The third-order valence-electron chi connectivity index (χ3n) is 4.40. The zero-order valence-corrected chi connectivity index (χ0v) is 13.8. The monoisotopic (exact) mass is 339 g/mol. The molecule has 1 aliphatic rings. The lowest BCUT2D eigenvalue weighted by molar-refractivity contribution is -0.256. The molecule has 0 bridgehead atoms. The Balaban J connectivity index is 2.50. The first-order chi connectivity index (χ1) is 11.4. The van der Waals surface area contributed by atoms with Crippen molar-refractivity contribution in [2.45, 2.75) is 18.1 Å². The molecule has 1 fully saturated rings. The first kappa shape index (κ1) is 18.2. The van der Waals surface area contributed by atoms with E-state index in [4.69, 9.17) is 4.74 Å². The Kier molecular flexibility index (Phi) is 5.43. The molecule has 8 heteroatoms. The van der Waals surface area contributed by atoms with Crippen molar-refractivity contribution in [2.75, 3.05) is 27.9 Å². The maximum Gasteiger partial charge on any atom is 0.356 e. The van der Waals surface area contributed by atoms with Crippen molar-refractivity contribution in [3.8, 4) is 5.75 Å². The second-order valence-electron chi connectivity index (χ2n) is 5.54. The Morgan fingerprint density at radius 3 is 2.50 bits per heavy atom. The smallest absolute Gasteiger partial charge is 0.356 e. The molecule has 132 valence electrons. The fraction of sp³-hybridized carbons (Fsp3) is 0.500. The zero-order chi connectivity index (χ0) is 17.9. The number of para-hydroxylation sites is 1. The summed E-state index contributed by atoms with van der Waals surface area (Å²) >= 11 is 0. The number of esters is 2. The lowest BCUT2D eigenvalue weighted by Gasteiger charge is -2.31. The molecule has 1 saturated heterocycles. The highest BCUT2D eigenvalue weighted by Gasteiger charge is 2.60. The molecule has 0 unspecified atom stereocenters. The summed E-state index contributed by atoms with van der Waals surface area (Å²) in [5, 5.41) is 21.5. The van der Waals surface area contributed by atoms with Gasteiger partial charge in [0.25, 0.3) is 0 Å². The van der Waals surface area contributed by atoms with Crippen LogP contribution in [0.25, 0.3) is 0 Å². The van der Waals surface area contributed by atoms with E-state index in [2.05, 4.69) is 9.47 Å². The summed E-state index contributed by atoms with van der Waals surface area (Å²) in [5.41, 5.74) is -1.69. The van der Waals surface area contributed by atoms with Crippen molar-refractivity contribution in [3.63, 3.8) is 0 Å². The minimum atomic E-state index is -2.35. The molecule has 0 saturated carbocycles. The van der Waals surface area contributed by atoms with E-state index in [1.54, 1.807) is 24.3 Å². The first-order valence-electron chi connectivity index (χ1n) is 7.37. The van der Waals surface area contributed by atoms with Crippen LogP contribution in [0.2, 0.25) is 0 Å². The van der Waals surface area contributed by atoms with E-state index in [-0.39, 0.29) is 13.0 Å². The third-order valence-corrected chi connectivity index (χ3v) is 4.40.